The molecule has 0 aliphatic carbocycles. The molecule has 0 aliphatic heterocycles. The molecule has 6 heteroatoms. The van der Waals surface area contributed by atoms with E-state index in [2.05, 4.69) is 179 Å². The lowest BCUT2D eigenvalue weighted by Crippen LogP contribution is -2.04. The molecular formula is C62H39N5O. The zero-order chi connectivity index (χ0) is 45.0. The molecule has 68 heavy (non-hydrogen) atoms. The van der Waals surface area contributed by atoms with Gasteiger partial charge in [0.1, 0.15) is 11.1 Å². The van der Waals surface area contributed by atoms with Gasteiger partial charge in [0.2, 0.25) is 0 Å². The Labute approximate surface area is 392 Å². The predicted octanol–water partition coefficient (Wildman–Crippen LogP) is 15.9. The second-order valence-corrected chi connectivity index (χ2v) is 17.0. The molecule has 0 fully saturated rings. The number of nitrogens with zero attached hydrogens (tertiary/aromatic N) is 5. The van der Waals surface area contributed by atoms with E-state index < -0.39 is 0 Å². The smallest absolute Gasteiger partial charge is 0.164 e. The lowest BCUT2D eigenvalue weighted by Gasteiger charge is -2.21. The van der Waals surface area contributed by atoms with E-state index in [4.69, 9.17) is 19.4 Å². The Balaban J connectivity index is 1.10. The number of fused-ring (bicyclic) bond motifs is 6. The fourth-order valence-electron chi connectivity index (χ4n) is 9.65. The van der Waals surface area contributed by atoms with E-state index in [-0.39, 0.29) is 0 Å². The summed E-state index contributed by atoms with van der Waals surface area (Å²) in [5.74, 6) is 1.68. The third-order valence-corrected chi connectivity index (χ3v) is 12.9. The normalized spacial score (nSPS) is 11.5. The van der Waals surface area contributed by atoms with Gasteiger partial charge >= 0.3 is 0 Å². The second-order valence-electron chi connectivity index (χ2n) is 17.0. The van der Waals surface area contributed by atoms with E-state index in [9.17, 15) is 0 Å². The van der Waals surface area contributed by atoms with Gasteiger partial charge in [-0.05, 0) is 94.0 Å². The number of pyridine rings is 1. The highest BCUT2D eigenvalue weighted by Gasteiger charge is 2.24. The maximum Gasteiger partial charge on any atom is 0.164 e. The number of hydrogen-bond donors (Lipinski definition) is 0. The van der Waals surface area contributed by atoms with Crippen LogP contribution < -0.4 is 0 Å². The first kappa shape index (κ1) is 39.1. The van der Waals surface area contributed by atoms with Crippen molar-refractivity contribution >= 4 is 43.9 Å². The van der Waals surface area contributed by atoms with Crippen LogP contribution in [-0.2, 0) is 0 Å². The van der Waals surface area contributed by atoms with Crippen LogP contribution in [0.3, 0.4) is 0 Å². The first-order valence-electron chi connectivity index (χ1n) is 22.8. The van der Waals surface area contributed by atoms with Gasteiger partial charge in [0.05, 0.1) is 16.7 Å². The van der Waals surface area contributed by atoms with Crippen LogP contribution in [0, 0.1) is 0 Å². The summed E-state index contributed by atoms with van der Waals surface area (Å²) < 4.78 is 8.77. The standard InChI is InChI=1S/C62H39N5O/c1-6-17-40(18-7-1)45-29-32-54-52(35-45)53-36-46(41-19-8-2-9-20-41)30-33-55(53)67(54)59-50(42-21-10-3-11-22-42)37-48(38-51(59)43-23-12-4-13-24-43)62-65-60(44-25-14-5-15-26-44)64-61(66-62)47-28-31-49-57(39-47)68-56-27-16-34-63-58(49)56/h1-39H. The summed E-state index contributed by atoms with van der Waals surface area (Å²) in [4.78, 5) is 20.3. The molecule has 0 saturated heterocycles. The van der Waals surface area contributed by atoms with Crippen molar-refractivity contribution in [2.24, 2.45) is 0 Å². The van der Waals surface area contributed by atoms with Crippen LogP contribution >= 0.6 is 0 Å². The second kappa shape index (κ2) is 16.3. The molecule has 0 N–H and O–H groups in total. The van der Waals surface area contributed by atoms with Gasteiger partial charge in [0.15, 0.2) is 23.1 Å². The van der Waals surface area contributed by atoms with E-state index in [1.54, 1.807) is 6.20 Å². The van der Waals surface area contributed by atoms with Crippen molar-refractivity contribution in [2.45, 2.75) is 0 Å². The third kappa shape index (κ3) is 6.82. The van der Waals surface area contributed by atoms with Crippen molar-refractivity contribution in [3.05, 3.63) is 237 Å². The monoisotopic (exact) mass is 869 g/mol. The van der Waals surface area contributed by atoms with Crippen LogP contribution in [0.2, 0.25) is 0 Å². The van der Waals surface area contributed by atoms with Crippen molar-refractivity contribution in [3.63, 3.8) is 0 Å². The SMILES string of the molecule is c1ccc(-c2ccc3c(c2)c2cc(-c4ccccc4)ccc2n3-c2c(-c3ccccc3)cc(-c3nc(-c4ccccc4)nc(-c4ccc5c(c4)oc4cccnc45)n3)cc2-c2ccccc2)cc1. The average Bonchev–Trinajstić information content (AvgIpc) is 3.96. The Morgan fingerprint density at radius 1 is 0.309 bits per heavy atom. The Kier molecular flexibility index (Phi) is 9.39. The van der Waals surface area contributed by atoms with Crippen molar-refractivity contribution in [2.75, 3.05) is 0 Å². The molecular weight excluding hydrogens is 831 g/mol. The summed E-state index contributed by atoms with van der Waals surface area (Å²) in [6.07, 6.45) is 1.79. The minimum atomic E-state index is 0.543. The fourth-order valence-corrected chi connectivity index (χ4v) is 9.65. The molecule has 318 valence electrons. The molecule has 0 unspecified atom stereocenters. The lowest BCUT2D eigenvalue weighted by molar-refractivity contribution is 0.668. The zero-order valence-electron chi connectivity index (χ0n) is 36.7. The van der Waals surface area contributed by atoms with E-state index in [1.807, 2.05) is 60.7 Å². The molecule has 13 rings (SSSR count). The highest BCUT2D eigenvalue weighted by atomic mass is 16.3. The Hall–Kier alpha value is -9.26. The van der Waals surface area contributed by atoms with Gasteiger partial charge in [0.25, 0.3) is 0 Å². The molecule has 0 aliphatic rings. The topological polar surface area (TPSA) is 69.6 Å². The molecule has 6 nitrogen and oxygen atoms in total. The molecule has 0 saturated carbocycles. The minimum Gasteiger partial charge on any atom is -0.454 e. The van der Waals surface area contributed by atoms with Gasteiger partial charge < -0.3 is 8.98 Å². The predicted molar refractivity (Wildman–Crippen MR) is 277 cm³/mol. The summed E-state index contributed by atoms with van der Waals surface area (Å²) in [5.41, 5.74) is 17.0. The minimum absolute atomic E-state index is 0.543. The molecule has 0 bridgehead atoms. The largest absolute Gasteiger partial charge is 0.454 e. The van der Waals surface area contributed by atoms with Crippen molar-refractivity contribution in [1.82, 2.24) is 24.5 Å². The van der Waals surface area contributed by atoms with Crippen LogP contribution in [0.4, 0.5) is 0 Å². The van der Waals surface area contributed by atoms with Crippen LogP contribution in [0.25, 0.3) is 128 Å². The van der Waals surface area contributed by atoms with Gasteiger partial charge in [0, 0.05) is 50.2 Å². The molecule has 0 spiro atoms. The molecule has 0 amide bonds. The number of rotatable bonds is 8. The maximum absolute atomic E-state index is 6.31. The zero-order valence-corrected chi connectivity index (χ0v) is 36.7. The molecule has 0 atom stereocenters. The van der Waals surface area contributed by atoms with Gasteiger partial charge in [-0.1, -0.05) is 170 Å². The van der Waals surface area contributed by atoms with Crippen molar-refractivity contribution in [3.8, 4) is 84.4 Å². The van der Waals surface area contributed by atoms with Crippen LogP contribution in [0.5, 0.6) is 0 Å². The summed E-state index contributed by atoms with van der Waals surface area (Å²) in [6, 6.07) is 81.0. The van der Waals surface area contributed by atoms with E-state index in [0.717, 1.165) is 77.7 Å². The van der Waals surface area contributed by atoms with Crippen LogP contribution in [0.1, 0.15) is 0 Å². The van der Waals surface area contributed by atoms with Crippen LogP contribution in [0.15, 0.2) is 241 Å². The van der Waals surface area contributed by atoms with Gasteiger partial charge in [-0.2, -0.15) is 0 Å². The molecule has 13 aromatic rings. The lowest BCUT2D eigenvalue weighted by atomic mass is 9.92. The quantitative estimate of drug-likeness (QED) is 0.152. The Morgan fingerprint density at radius 2 is 0.765 bits per heavy atom. The van der Waals surface area contributed by atoms with E-state index >= 15 is 0 Å². The molecule has 4 heterocycles. The fraction of sp³-hybridized carbons (Fsp3) is 0. The number of aromatic nitrogens is 5. The van der Waals surface area contributed by atoms with E-state index in [0.29, 0.717) is 17.5 Å². The van der Waals surface area contributed by atoms with Crippen LogP contribution in [-0.4, -0.2) is 24.5 Å². The maximum atomic E-state index is 6.31. The third-order valence-electron chi connectivity index (χ3n) is 12.9. The highest BCUT2D eigenvalue weighted by Crippen LogP contribution is 2.45. The first-order chi connectivity index (χ1) is 33.7. The Bertz CT molecular complexity index is 3840. The summed E-state index contributed by atoms with van der Waals surface area (Å²) in [6.45, 7) is 0. The van der Waals surface area contributed by atoms with E-state index in [1.165, 1.54) is 33.0 Å². The molecule has 9 aromatic carbocycles. The summed E-state index contributed by atoms with van der Waals surface area (Å²) in [5, 5.41) is 3.29. The first-order valence-corrected chi connectivity index (χ1v) is 22.8. The van der Waals surface area contributed by atoms with Crippen molar-refractivity contribution < 1.29 is 4.42 Å². The molecule has 4 aromatic heterocycles. The number of furan rings is 1. The summed E-state index contributed by atoms with van der Waals surface area (Å²) in [7, 11) is 0. The Morgan fingerprint density at radius 3 is 1.29 bits per heavy atom. The average molecular weight is 870 g/mol. The van der Waals surface area contributed by atoms with Crippen molar-refractivity contribution in [1.29, 1.82) is 0 Å². The summed E-state index contributed by atoms with van der Waals surface area (Å²) >= 11 is 0. The number of hydrogen-bond acceptors (Lipinski definition) is 5. The molecule has 0 radical (unpaired) electrons. The van der Waals surface area contributed by atoms with Gasteiger partial charge in [-0.3, -0.25) is 4.98 Å². The number of benzene rings is 9. The highest BCUT2D eigenvalue weighted by molar-refractivity contribution is 6.13. The van der Waals surface area contributed by atoms with Gasteiger partial charge in [-0.25, -0.2) is 15.0 Å². The van der Waals surface area contributed by atoms with Gasteiger partial charge in [-0.15, -0.1) is 0 Å².